The Kier molecular flexibility index (Phi) is 3.25. The quantitative estimate of drug-likeness (QED) is 0.484. The molecule has 1 heterocycles. The van der Waals surface area contributed by atoms with Crippen molar-refractivity contribution < 1.29 is 23.9 Å². The lowest BCUT2D eigenvalue weighted by Gasteiger charge is -2.10. The van der Waals surface area contributed by atoms with Crippen molar-refractivity contribution in [1.82, 2.24) is 0 Å². The number of carbonyl (C=O) groups is 3. The summed E-state index contributed by atoms with van der Waals surface area (Å²) in [5.74, 6) is -1.55. The fourth-order valence-electron chi connectivity index (χ4n) is 2.32. The van der Waals surface area contributed by atoms with Crippen LogP contribution in [0.3, 0.4) is 0 Å². The molecule has 0 radical (unpaired) electrons. The Balaban J connectivity index is 1.93. The topological polar surface area (TPSA) is 69.7 Å². The van der Waals surface area contributed by atoms with Crippen LogP contribution in [0.1, 0.15) is 42.2 Å². The van der Waals surface area contributed by atoms with Crippen LogP contribution in [0.25, 0.3) is 0 Å². The number of ether oxygens (including phenoxy) is 2. The summed E-state index contributed by atoms with van der Waals surface area (Å²) in [6.07, 6.45) is 0. The molecule has 0 bridgehead atoms. The standard InChI is InChI=1S/C17H12O5/c1-9-4-3-5-10(2)14(9)21-15(18)11-6-7-12-13(8-11)17(20)22-16(12)19/h3-8H,1-2H3. The largest absolute Gasteiger partial charge is 0.422 e. The minimum absolute atomic E-state index is 0.0842. The molecule has 0 amide bonds. The summed E-state index contributed by atoms with van der Waals surface area (Å²) in [7, 11) is 0. The molecule has 0 aliphatic carbocycles. The molecule has 3 rings (SSSR count). The van der Waals surface area contributed by atoms with Crippen LogP contribution in [-0.2, 0) is 4.74 Å². The fraction of sp³-hybridized carbons (Fsp3) is 0.118. The average Bonchev–Trinajstić information content (AvgIpc) is 2.77. The SMILES string of the molecule is Cc1cccc(C)c1OC(=O)c1ccc2c(c1)C(=O)OC2=O. The van der Waals surface area contributed by atoms with Crippen molar-refractivity contribution in [2.75, 3.05) is 0 Å². The van der Waals surface area contributed by atoms with E-state index < -0.39 is 17.9 Å². The minimum Gasteiger partial charge on any atom is -0.422 e. The van der Waals surface area contributed by atoms with Gasteiger partial charge in [0.1, 0.15) is 5.75 Å². The number of hydrogen-bond donors (Lipinski definition) is 0. The van der Waals surface area contributed by atoms with Gasteiger partial charge in [0.2, 0.25) is 0 Å². The van der Waals surface area contributed by atoms with E-state index in [0.29, 0.717) is 5.75 Å². The van der Waals surface area contributed by atoms with Gasteiger partial charge in [0.05, 0.1) is 16.7 Å². The molecule has 2 aromatic rings. The van der Waals surface area contributed by atoms with Gasteiger partial charge >= 0.3 is 17.9 Å². The third-order valence-corrected chi connectivity index (χ3v) is 3.48. The first-order valence-corrected chi connectivity index (χ1v) is 6.66. The first-order valence-electron chi connectivity index (χ1n) is 6.66. The van der Waals surface area contributed by atoms with Crippen molar-refractivity contribution in [3.8, 4) is 5.75 Å². The lowest BCUT2D eigenvalue weighted by atomic mass is 10.1. The van der Waals surface area contributed by atoms with Crippen molar-refractivity contribution in [2.45, 2.75) is 13.8 Å². The number of para-hydroxylation sites is 1. The number of esters is 3. The second kappa shape index (κ2) is 5.11. The molecule has 5 heteroatoms. The summed E-state index contributed by atoms with van der Waals surface area (Å²) in [6, 6.07) is 9.71. The molecular formula is C17H12O5. The van der Waals surface area contributed by atoms with Crippen LogP contribution in [-0.4, -0.2) is 17.9 Å². The molecule has 2 aromatic carbocycles. The first-order chi connectivity index (χ1) is 10.5. The van der Waals surface area contributed by atoms with Crippen LogP contribution < -0.4 is 4.74 Å². The summed E-state index contributed by atoms with van der Waals surface area (Å²) >= 11 is 0. The molecule has 0 aromatic heterocycles. The van der Waals surface area contributed by atoms with Crippen LogP contribution in [0.15, 0.2) is 36.4 Å². The molecule has 0 spiro atoms. The molecule has 0 saturated carbocycles. The molecule has 0 fully saturated rings. The van der Waals surface area contributed by atoms with Gasteiger partial charge in [-0.3, -0.25) is 0 Å². The summed E-state index contributed by atoms with van der Waals surface area (Å²) in [4.78, 5) is 35.1. The van der Waals surface area contributed by atoms with Crippen molar-refractivity contribution in [1.29, 1.82) is 0 Å². The summed E-state index contributed by atoms with van der Waals surface area (Å²) in [5.41, 5.74) is 2.11. The van der Waals surface area contributed by atoms with Crippen molar-refractivity contribution in [3.05, 3.63) is 64.2 Å². The van der Waals surface area contributed by atoms with Crippen molar-refractivity contribution >= 4 is 17.9 Å². The summed E-state index contributed by atoms with van der Waals surface area (Å²) < 4.78 is 9.90. The maximum Gasteiger partial charge on any atom is 0.346 e. The highest BCUT2D eigenvalue weighted by Gasteiger charge is 2.30. The van der Waals surface area contributed by atoms with E-state index in [-0.39, 0.29) is 16.7 Å². The Morgan fingerprint density at radius 3 is 2.27 bits per heavy atom. The Labute approximate surface area is 126 Å². The Bertz CT molecular complexity index is 800. The molecule has 0 saturated heterocycles. The number of rotatable bonds is 2. The Morgan fingerprint density at radius 1 is 0.955 bits per heavy atom. The predicted octanol–water partition coefficient (Wildman–Crippen LogP) is 2.83. The van der Waals surface area contributed by atoms with Gasteiger partial charge in [0, 0.05) is 0 Å². The van der Waals surface area contributed by atoms with E-state index in [2.05, 4.69) is 4.74 Å². The van der Waals surface area contributed by atoms with Gasteiger partial charge in [-0.1, -0.05) is 18.2 Å². The van der Waals surface area contributed by atoms with Crippen LogP contribution in [0.5, 0.6) is 5.75 Å². The number of benzene rings is 2. The highest BCUT2D eigenvalue weighted by atomic mass is 16.6. The summed E-state index contributed by atoms with van der Waals surface area (Å²) in [5, 5.41) is 0. The van der Waals surface area contributed by atoms with Gasteiger partial charge in [-0.25, -0.2) is 14.4 Å². The van der Waals surface area contributed by atoms with E-state index in [0.717, 1.165) is 11.1 Å². The number of cyclic esters (lactones) is 2. The zero-order valence-electron chi connectivity index (χ0n) is 12.0. The van der Waals surface area contributed by atoms with Crippen LogP contribution in [0, 0.1) is 13.8 Å². The van der Waals surface area contributed by atoms with Gasteiger partial charge in [0.15, 0.2) is 0 Å². The second-order valence-corrected chi connectivity index (χ2v) is 5.05. The summed E-state index contributed by atoms with van der Waals surface area (Å²) in [6.45, 7) is 3.68. The molecule has 5 nitrogen and oxygen atoms in total. The van der Waals surface area contributed by atoms with Crippen LogP contribution >= 0.6 is 0 Å². The lowest BCUT2D eigenvalue weighted by molar-refractivity contribution is 0.0443. The van der Waals surface area contributed by atoms with E-state index in [9.17, 15) is 14.4 Å². The van der Waals surface area contributed by atoms with Gasteiger partial charge in [-0.05, 0) is 43.2 Å². The Hall–Kier alpha value is -2.95. The zero-order valence-corrected chi connectivity index (χ0v) is 12.0. The molecule has 1 aliphatic rings. The molecule has 22 heavy (non-hydrogen) atoms. The van der Waals surface area contributed by atoms with E-state index in [1.165, 1.54) is 18.2 Å². The molecule has 0 atom stereocenters. The number of carbonyl (C=O) groups excluding carboxylic acids is 3. The average molecular weight is 296 g/mol. The highest BCUT2D eigenvalue weighted by Crippen LogP contribution is 2.25. The van der Waals surface area contributed by atoms with Crippen molar-refractivity contribution in [3.63, 3.8) is 0 Å². The second-order valence-electron chi connectivity index (χ2n) is 5.05. The van der Waals surface area contributed by atoms with E-state index in [1.54, 1.807) is 0 Å². The van der Waals surface area contributed by atoms with E-state index >= 15 is 0 Å². The number of hydrogen-bond acceptors (Lipinski definition) is 5. The van der Waals surface area contributed by atoms with Crippen LogP contribution in [0.2, 0.25) is 0 Å². The smallest absolute Gasteiger partial charge is 0.346 e. The zero-order chi connectivity index (χ0) is 15.9. The van der Waals surface area contributed by atoms with E-state index in [4.69, 9.17) is 4.74 Å². The minimum atomic E-state index is -0.748. The molecule has 110 valence electrons. The van der Waals surface area contributed by atoms with Gasteiger partial charge < -0.3 is 9.47 Å². The fourth-order valence-corrected chi connectivity index (χ4v) is 2.32. The monoisotopic (exact) mass is 296 g/mol. The first kappa shape index (κ1) is 14.0. The molecule has 1 aliphatic heterocycles. The van der Waals surface area contributed by atoms with Crippen LogP contribution in [0.4, 0.5) is 0 Å². The highest BCUT2D eigenvalue weighted by molar-refractivity contribution is 6.15. The Morgan fingerprint density at radius 2 is 1.59 bits per heavy atom. The normalized spacial score (nSPS) is 12.8. The predicted molar refractivity (Wildman–Crippen MR) is 77.1 cm³/mol. The molecule has 0 N–H and O–H groups in total. The molecular weight excluding hydrogens is 284 g/mol. The van der Waals surface area contributed by atoms with Gasteiger partial charge in [0.25, 0.3) is 0 Å². The van der Waals surface area contributed by atoms with Crippen molar-refractivity contribution in [2.24, 2.45) is 0 Å². The maximum atomic E-state index is 12.2. The lowest BCUT2D eigenvalue weighted by Crippen LogP contribution is -2.11. The number of aryl methyl sites for hydroxylation is 2. The maximum absolute atomic E-state index is 12.2. The number of fused-ring (bicyclic) bond motifs is 1. The third kappa shape index (κ3) is 2.26. The van der Waals surface area contributed by atoms with Gasteiger partial charge in [-0.15, -0.1) is 0 Å². The third-order valence-electron chi connectivity index (χ3n) is 3.48. The van der Waals surface area contributed by atoms with Gasteiger partial charge in [-0.2, -0.15) is 0 Å². The molecule has 0 unspecified atom stereocenters. The van der Waals surface area contributed by atoms with E-state index in [1.807, 2.05) is 32.0 Å².